The van der Waals surface area contributed by atoms with Crippen molar-refractivity contribution in [2.75, 3.05) is 0 Å². The molecule has 1 N–H and O–H groups in total. The molecule has 0 aliphatic rings. The van der Waals surface area contributed by atoms with Crippen molar-refractivity contribution in [1.29, 1.82) is 0 Å². The summed E-state index contributed by atoms with van der Waals surface area (Å²) >= 11 is 11.8. The zero-order valence-electron chi connectivity index (χ0n) is 7.91. The van der Waals surface area contributed by atoms with Crippen LogP contribution in [0.2, 0.25) is 10.0 Å². The molecule has 0 amide bonds. The first-order chi connectivity index (χ1) is 7.11. The highest BCUT2D eigenvalue weighted by Gasteiger charge is 2.00. The lowest BCUT2D eigenvalue weighted by molar-refractivity contribution is -0.136. The Labute approximate surface area is 98.1 Å². The lowest BCUT2D eigenvalue weighted by Gasteiger charge is -1.99. The highest BCUT2D eigenvalue weighted by molar-refractivity contribution is 6.42. The Kier molecular flexibility index (Phi) is 4.66. The van der Waals surface area contributed by atoms with E-state index in [9.17, 15) is 4.79 Å². The molecule has 0 bridgehead atoms. The van der Waals surface area contributed by atoms with Crippen LogP contribution in [0.4, 0.5) is 0 Å². The van der Waals surface area contributed by atoms with E-state index >= 15 is 0 Å². The van der Waals surface area contributed by atoms with E-state index in [1.165, 1.54) is 0 Å². The summed E-state index contributed by atoms with van der Waals surface area (Å²) in [5, 5.41) is 9.42. The van der Waals surface area contributed by atoms with E-state index in [1.807, 2.05) is 6.07 Å². The maximum absolute atomic E-state index is 10.3. The summed E-state index contributed by atoms with van der Waals surface area (Å²) in [4.78, 5) is 10.3. The van der Waals surface area contributed by atoms with Crippen molar-refractivity contribution in [3.05, 3.63) is 39.9 Å². The first-order valence-corrected chi connectivity index (χ1v) is 5.19. The molecule has 1 aromatic carbocycles. The molecule has 80 valence electrons. The molecular formula is C11H10Cl2O2. The number of carbonyl (C=O) groups is 1. The van der Waals surface area contributed by atoms with Crippen molar-refractivity contribution < 1.29 is 9.90 Å². The van der Waals surface area contributed by atoms with Crippen molar-refractivity contribution in [3.8, 4) is 0 Å². The van der Waals surface area contributed by atoms with Gasteiger partial charge in [-0.25, -0.2) is 0 Å². The number of allylic oxidation sites excluding steroid dienone is 1. The zero-order valence-corrected chi connectivity index (χ0v) is 9.42. The van der Waals surface area contributed by atoms with E-state index < -0.39 is 5.97 Å². The molecule has 1 aromatic rings. The predicted molar refractivity (Wildman–Crippen MR) is 62.4 cm³/mol. The molecule has 0 unspecified atom stereocenters. The van der Waals surface area contributed by atoms with Gasteiger partial charge in [0.05, 0.1) is 10.0 Å². The maximum atomic E-state index is 10.3. The van der Waals surface area contributed by atoms with Gasteiger partial charge in [0.15, 0.2) is 0 Å². The van der Waals surface area contributed by atoms with Crippen LogP contribution in [0.3, 0.4) is 0 Å². The lowest BCUT2D eigenvalue weighted by Crippen LogP contribution is -1.91. The number of carboxylic acid groups (broad SMARTS) is 1. The number of hydrogen-bond acceptors (Lipinski definition) is 1. The molecular weight excluding hydrogens is 235 g/mol. The average molecular weight is 245 g/mol. The molecule has 0 saturated heterocycles. The van der Waals surface area contributed by atoms with Gasteiger partial charge in [0.25, 0.3) is 0 Å². The summed E-state index contributed by atoms with van der Waals surface area (Å²) in [6, 6.07) is 5.33. The number of benzene rings is 1. The Hall–Kier alpha value is -0.990. The van der Waals surface area contributed by atoms with Crippen LogP contribution >= 0.6 is 23.2 Å². The Balaban J connectivity index is 2.64. The van der Waals surface area contributed by atoms with E-state index in [1.54, 1.807) is 24.3 Å². The van der Waals surface area contributed by atoms with Crippen LogP contribution < -0.4 is 0 Å². The second kappa shape index (κ2) is 5.79. The summed E-state index contributed by atoms with van der Waals surface area (Å²) in [7, 11) is 0. The minimum absolute atomic E-state index is 0.120. The molecule has 2 nitrogen and oxygen atoms in total. The highest BCUT2D eigenvalue weighted by Crippen LogP contribution is 2.26. The zero-order chi connectivity index (χ0) is 11.3. The van der Waals surface area contributed by atoms with Gasteiger partial charge in [-0.15, -0.1) is 0 Å². The topological polar surface area (TPSA) is 37.3 Å². The number of carboxylic acids is 1. The van der Waals surface area contributed by atoms with Gasteiger partial charge in [-0.3, -0.25) is 4.79 Å². The van der Waals surface area contributed by atoms with Crippen LogP contribution in [-0.4, -0.2) is 11.1 Å². The average Bonchev–Trinajstić information content (AvgIpc) is 2.18. The van der Waals surface area contributed by atoms with Crippen molar-refractivity contribution in [1.82, 2.24) is 0 Å². The van der Waals surface area contributed by atoms with Gasteiger partial charge >= 0.3 is 5.97 Å². The minimum atomic E-state index is -0.808. The third-order valence-corrected chi connectivity index (χ3v) is 2.64. The standard InChI is InChI=1S/C11H10Cl2O2/c12-9-6-3-5-8(11(9)13)4-1-2-7-10(14)15/h1,3-6H,2,7H2,(H,14,15). The van der Waals surface area contributed by atoms with Crippen LogP contribution in [0.5, 0.6) is 0 Å². The van der Waals surface area contributed by atoms with Crippen LogP contribution in [0.15, 0.2) is 24.3 Å². The molecule has 0 atom stereocenters. The minimum Gasteiger partial charge on any atom is -0.481 e. The molecule has 4 heteroatoms. The molecule has 0 aliphatic carbocycles. The van der Waals surface area contributed by atoms with Crippen molar-refractivity contribution in [2.45, 2.75) is 12.8 Å². The molecule has 15 heavy (non-hydrogen) atoms. The molecule has 0 heterocycles. The SMILES string of the molecule is O=C(O)CCC=Cc1cccc(Cl)c1Cl. The van der Waals surface area contributed by atoms with Gasteiger partial charge in [0, 0.05) is 6.42 Å². The fraction of sp³-hybridized carbons (Fsp3) is 0.182. The van der Waals surface area contributed by atoms with Crippen molar-refractivity contribution >= 4 is 35.2 Å². The van der Waals surface area contributed by atoms with Crippen LogP contribution in [-0.2, 0) is 4.79 Å². The van der Waals surface area contributed by atoms with Gasteiger partial charge in [-0.05, 0) is 18.1 Å². The largest absolute Gasteiger partial charge is 0.481 e. The first-order valence-electron chi connectivity index (χ1n) is 4.43. The predicted octanol–water partition coefficient (Wildman–Crippen LogP) is 3.87. The normalized spacial score (nSPS) is 10.8. The van der Waals surface area contributed by atoms with E-state index in [4.69, 9.17) is 28.3 Å². The highest BCUT2D eigenvalue weighted by atomic mass is 35.5. The van der Waals surface area contributed by atoms with E-state index in [2.05, 4.69) is 0 Å². The number of hydrogen-bond donors (Lipinski definition) is 1. The molecule has 0 aromatic heterocycles. The Bertz CT molecular complexity index is 386. The summed E-state index contributed by atoms with van der Waals surface area (Å²) in [5.41, 5.74) is 0.801. The fourth-order valence-corrected chi connectivity index (χ4v) is 1.44. The summed E-state index contributed by atoms with van der Waals surface area (Å²) in [6.45, 7) is 0. The fourth-order valence-electron chi connectivity index (χ4n) is 1.07. The van der Waals surface area contributed by atoms with E-state index in [0.717, 1.165) is 5.56 Å². The molecule has 0 fully saturated rings. The molecule has 0 radical (unpaired) electrons. The molecule has 0 aliphatic heterocycles. The monoisotopic (exact) mass is 244 g/mol. The Morgan fingerprint density at radius 3 is 2.80 bits per heavy atom. The van der Waals surface area contributed by atoms with Crippen molar-refractivity contribution in [3.63, 3.8) is 0 Å². The van der Waals surface area contributed by atoms with Gasteiger partial charge in [-0.2, -0.15) is 0 Å². The third kappa shape index (κ3) is 3.94. The van der Waals surface area contributed by atoms with E-state index in [-0.39, 0.29) is 6.42 Å². The lowest BCUT2D eigenvalue weighted by atomic mass is 10.2. The van der Waals surface area contributed by atoms with Gasteiger partial charge in [-0.1, -0.05) is 47.5 Å². The second-order valence-electron chi connectivity index (χ2n) is 2.98. The van der Waals surface area contributed by atoms with Crippen LogP contribution in [0.1, 0.15) is 18.4 Å². The van der Waals surface area contributed by atoms with E-state index in [0.29, 0.717) is 16.5 Å². The molecule has 0 saturated carbocycles. The third-order valence-electron chi connectivity index (χ3n) is 1.80. The molecule has 0 spiro atoms. The summed E-state index contributed by atoms with van der Waals surface area (Å²) < 4.78 is 0. The van der Waals surface area contributed by atoms with Crippen LogP contribution in [0.25, 0.3) is 6.08 Å². The Morgan fingerprint density at radius 1 is 1.40 bits per heavy atom. The molecule has 1 rings (SSSR count). The van der Waals surface area contributed by atoms with Gasteiger partial charge in [0.1, 0.15) is 0 Å². The second-order valence-corrected chi connectivity index (χ2v) is 3.76. The summed E-state index contributed by atoms with van der Waals surface area (Å²) in [5.74, 6) is -0.808. The van der Waals surface area contributed by atoms with Crippen molar-refractivity contribution in [2.24, 2.45) is 0 Å². The quantitative estimate of drug-likeness (QED) is 0.874. The van der Waals surface area contributed by atoms with Crippen LogP contribution in [0, 0.1) is 0 Å². The summed E-state index contributed by atoms with van der Waals surface area (Å²) in [6.07, 6.45) is 4.15. The number of aliphatic carboxylic acids is 1. The van der Waals surface area contributed by atoms with Gasteiger partial charge < -0.3 is 5.11 Å². The smallest absolute Gasteiger partial charge is 0.303 e. The first kappa shape index (κ1) is 12.1. The Morgan fingerprint density at radius 2 is 2.13 bits per heavy atom. The number of rotatable bonds is 4. The maximum Gasteiger partial charge on any atom is 0.303 e. The number of halogens is 2. The van der Waals surface area contributed by atoms with Gasteiger partial charge in [0.2, 0.25) is 0 Å².